The molecular weight excluding hydrogens is 284 g/mol. The number of thiophene rings is 1. The molecule has 0 spiro atoms. The number of aliphatic imine (C=N–C) groups is 1. The third-order valence-electron chi connectivity index (χ3n) is 2.96. The molecule has 0 unspecified atom stereocenters. The van der Waals surface area contributed by atoms with Crippen LogP contribution in [0, 0.1) is 0 Å². The summed E-state index contributed by atoms with van der Waals surface area (Å²) >= 11 is 1.36. The van der Waals surface area contributed by atoms with Crippen molar-refractivity contribution in [2.45, 2.75) is 0 Å². The molecule has 0 atom stereocenters. The summed E-state index contributed by atoms with van der Waals surface area (Å²) < 4.78 is 0. The number of pyridine rings is 1. The molecule has 2 rings (SSSR count). The maximum Gasteiger partial charge on any atom is 0.162 e. The minimum atomic E-state index is 0.593. The first-order valence-corrected chi connectivity index (χ1v) is 7.29. The van der Waals surface area contributed by atoms with Gasteiger partial charge in [0.25, 0.3) is 0 Å². The lowest BCUT2D eigenvalue weighted by Gasteiger charge is -2.14. The fourth-order valence-corrected chi connectivity index (χ4v) is 2.92. The van der Waals surface area contributed by atoms with Crippen molar-refractivity contribution in [3.05, 3.63) is 29.8 Å². The third-order valence-corrected chi connectivity index (χ3v) is 3.97. The lowest BCUT2D eigenvalue weighted by Crippen LogP contribution is -2.15. The predicted molar refractivity (Wildman–Crippen MR) is 90.3 cm³/mol. The van der Waals surface area contributed by atoms with Gasteiger partial charge in [-0.3, -0.25) is 4.79 Å². The second-order valence-electron chi connectivity index (χ2n) is 4.81. The third kappa shape index (κ3) is 3.11. The lowest BCUT2D eigenvalue weighted by atomic mass is 10.2. The van der Waals surface area contributed by atoms with Crippen LogP contribution in [0.1, 0.15) is 9.67 Å². The van der Waals surface area contributed by atoms with Crippen LogP contribution in [0.25, 0.3) is 10.2 Å². The van der Waals surface area contributed by atoms with Crippen LogP contribution < -0.4 is 4.90 Å². The molecule has 0 aliphatic rings. The van der Waals surface area contributed by atoms with Crippen LogP contribution in [0.15, 0.2) is 29.9 Å². The summed E-state index contributed by atoms with van der Waals surface area (Å²) in [5.41, 5.74) is 1.68. The topological polar surface area (TPSA) is 48.8 Å². The van der Waals surface area contributed by atoms with E-state index in [-0.39, 0.29) is 0 Å². The second kappa shape index (κ2) is 6.49. The van der Waals surface area contributed by atoms with Gasteiger partial charge >= 0.3 is 0 Å². The first-order valence-electron chi connectivity index (χ1n) is 6.47. The molecule has 6 heteroatoms. The summed E-state index contributed by atoms with van der Waals surface area (Å²) in [5.74, 6) is 0. The van der Waals surface area contributed by atoms with Gasteiger partial charge in [-0.15, -0.1) is 17.9 Å². The van der Waals surface area contributed by atoms with Crippen molar-refractivity contribution >= 4 is 45.6 Å². The maximum atomic E-state index is 11.3. The van der Waals surface area contributed by atoms with Gasteiger partial charge in [0.15, 0.2) is 6.29 Å². The SMILES string of the molecule is C=CCN(C)C=Nc1c(C=O)sc2nccc(N(C)C)c12. The van der Waals surface area contributed by atoms with E-state index in [0.29, 0.717) is 17.1 Å². The minimum Gasteiger partial charge on any atom is -0.377 e. The van der Waals surface area contributed by atoms with Crippen LogP contribution in [-0.4, -0.2) is 50.2 Å². The molecule has 0 aliphatic carbocycles. The Kier molecular flexibility index (Phi) is 4.70. The smallest absolute Gasteiger partial charge is 0.162 e. The molecule has 0 saturated heterocycles. The standard InChI is InChI=1S/C15H18N4OS/c1-5-8-19(4)10-17-14-12(9-20)21-15-13(14)11(18(2)3)6-7-16-15/h5-7,9-10H,1,8H2,2-4H3. The molecule has 2 aromatic rings. The highest BCUT2D eigenvalue weighted by Crippen LogP contribution is 2.40. The van der Waals surface area contributed by atoms with Crippen molar-refractivity contribution in [3.8, 4) is 0 Å². The fraction of sp³-hybridized carbons (Fsp3) is 0.267. The van der Waals surface area contributed by atoms with Gasteiger partial charge in [0.1, 0.15) is 4.83 Å². The van der Waals surface area contributed by atoms with Gasteiger partial charge in [0.05, 0.1) is 28.0 Å². The van der Waals surface area contributed by atoms with Crippen molar-refractivity contribution in [1.29, 1.82) is 0 Å². The van der Waals surface area contributed by atoms with Gasteiger partial charge < -0.3 is 9.80 Å². The van der Waals surface area contributed by atoms with Crippen molar-refractivity contribution in [1.82, 2.24) is 9.88 Å². The average molecular weight is 302 g/mol. The van der Waals surface area contributed by atoms with Crippen LogP contribution in [0.2, 0.25) is 0 Å². The zero-order valence-corrected chi connectivity index (χ0v) is 13.2. The summed E-state index contributed by atoms with van der Waals surface area (Å²) in [6.45, 7) is 4.39. The summed E-state index contributed by atoms with van der Waals surface area (Å²) in [4.78, 5) is 25.5. The van der Waals surface area contributed by atoms with E-state index in [1.165, 1.54) is 11.3 Å². The number of hydrogen-bond acceptors (Lipinski definition) is 5. The number of hydrogen-bond donors (Lipinski definition) is 0. The van der Waals surface area contributed by atoms with E-state index in [2.05, 4.69) is 16.6 Å². The molecule has 0 aliphatic heterocycles. The number of carbonyl (C=O) groups is 1. The minimum absolute atomic E-state index is 0.593. The number of aromatic nitrogens is 1. The summed E-state index contributed by atoms with van der Waals surface area (Å²) in [6, 6.07) is 1.93. The number of fused-ring (bicyclic) bond motifs is 1. The molecule has 0 bridgehead atoms. The Labute approximate surface area is 128 Å². The molecule has 2 aromatic heterocycles. The Balaban J connectivity index is 2.59. The molecule has 21 heavy (non-hydrogen) atoms. The van der Waals surface area contributed by atoms with Crippen molar-refractivity contribution < 1.29 is 4.79 Å². The van der Waals surface area contributed by atoms with E-state index >= 15 is 0 Å². The number of aldehydes is 1. The van der Waals surface area contributed by atoms with Gasteiger partial charge in [0.2, 0.25) is 0 Å². The van der Waals surface area contributed by atoms with Crippen LogP contribution >= 0.6 is 11.3 Å². The Bertz CT molecular complexity index is 690. The predicted octanol–water partition coefficient (Wildman–Crippen LogP) is 2.95. The quantitative estimate of drug-likeness (QED) is 0.356. The monoisotopic (exact) mass is 302 g/mol. The normalized spacial score (nSPS) is 11.0. The Hall–Kier alpha value is -2.21. The van der Waals surface area contributed by atoms with Gasteiger partial charge in [-0.1, -0.05) is 6.08 Å². The number of carbonyl (C=O) groups excluding carboxylic acids is 1. The van der Waals surface area contributed by atoms with Gasteiger partial charge in [-0.25, -0.2) is 9.98 Å². The molecule has 2 heterocycles. The average Bonchev–Trinajstić information content (AvgIpc) is 2.82. The van der Waals surface area contributed by atoms with Crippen LogP contribution in [0.5, 0.6) is 0 Å². The molecule has 0 saturated carbocycles. The van der Waals surface area contributed by atoms with Crippen molar-refractivity contribution in [2.24, 2.45) is 4.99 Å². The number of nitrogens with zero attached hydrogens (tertiary/aromatic N) is 4. The molecule has 0 N–H and O–H groups in total. The zero-order chi connectivity index (χ0) is 15.4. The highest BCUT2D eigenvalue weighted by Gasteiger charge is 2.16. The maximum absolute atomic E-state index is 11.3. The zero-order valence-electron chi connectivity index (χ0n) is 12.4. The first kappa shape index (κ1) is 15.2. The number of rotatable bonds is 6. The highest BCUT2D eigenvalue weighted by molar-refractivity contribution is 7.21. The Morgan fingerprint density at radius 1 is 1.43 bits per heavy atom. The Morgan fingerprint density at radius 2 is 2.19 bits per heavy atom. The fourth-order valence-electron chi connectivity index (χ4n) is 2.00. The van der Waals surface area contributed by atoms with Gasteiger partial charge in [0, 0.05) is 33.9 Å². The van der Waals surface area contributed by atoms with Crippen LogP contribution in [0.4, 0.5) is 11.4 Å². The van der Waals surface area contributed by atoms with Crippen molar-refractivity contribution in [2.75, 3.05) is 32.6 Å². The molecule has 0 radical (unpaired) electrons. The summed E-state index contributed by atoms with van der Waals surface area (Å²) in [6.07, 6.45) is 6.10. The van der Waals surface area contributed by atoms with E-state index in [9.17, 15) is 4.79 Å². The molecule has 0 aromatic carbocycles. The Morgan fingerprint density at radius 3 is 2.81 bits per heavy atom. The lowest BCUT2D eigenvalue weighted by molar-refractivity contribution is 0.112. The molecule has 0 fully saturated rings. The van der Waals surface area contributed by atoms with E-state index < -0.39 is 0 Å². The van der Waals surface area contributed by atoms with Crippen LogP contribution in [0.3, 0.4) is 0 Å². The molecule has 0 amide bonds. The van der Waals surface area contributed by atoms with Crippen LogP contribution in [-0.2, 0) is 0 Å². The number of likely N-dealkylation sites (N-methyl/N-ethyl adjacent to an activating group) is 1. The van der Waals surface area contributed by atoms with E-state index in [0.717, 1.165) is 22.2 Å². The van der Waals surface area contributed by atoms with E-state index in [1.807, 2.05) is 37.0 Å². The summed E-state index contributed by atoms with van der Waals surface area (Å²) in [5, 5.41) is 0.915. The second-order valence-corrected chi connectivity index (χ2v) is 5.84. The summed E-state index contributed by atoms with van der Waals surface area (Å²) in [7, 11) is 5.83. The molecular formula is C15H18N4OS. The van der Waals surface area contributed by atoms with Crippen molar-refractivity contribution in [3.63, 3.8) is 0 Å². The van der Waals surface area contributed by atoms with E-state index in [1.54, 1.807) is 18.6 Å². The van der Waals surface area contributed by atoms with E-state index in [4.69, 9.17) is 0 Å². The molecule has 5 nitrogen and oxygen atoms in total. The van der Waals surface area contributed by atoms with Gasteiger partial charge in [-0.05, 0) is 6.07 Å². The highest BCUT2D eigenvalue weighted by atomic mass is 32.1. The molecule has 110 valence electrons. The number of anilines is 1. The van der Waals surface area contributed by atoms with Gasteiger partial charge in [-0.2, -0.15) is 0 Å². The largest absolute Gasteiger partial charge is 0.377 e. The first-order chi connectivity index (χ1) is 10.1.